The van der Waals surface area contributed by atoms with Crippen molar-refractivity contribution in [3.8, 4) is 0 Å². The number of hydrogen-bond acceptors (Lipinski definition) is 4. The number of rotatable bonds is 1. The van der Waals surface area contributed by atoms with Crippen molar-refractivity contribution >= 4 is 16.2 Å². The Morgan fingerprint density at radius 1 is 1.54 bits per heavy atom. The minimum atomic E-state index is -4.01. The van der Waals surface area contributed by atoms with Crippen molar-refractivity contribution in [1.29, 1.82) is 0 Å². The fourth-order valence-corrected chi connectivity index (χ4v) is 1.70. The second-order valence-corrected chi connectivity index (χ2v) is 3.51. The van der Waals surface area contributed by atoms with E-state index in [1.807, 2.05) is 0 Å². The second kappa shape index (κ2) is 4.45. The maximum atomic E-state index is 10.9. The van der Waals surface area contributed by atoms with Gasteiger partial charge in [0.05, 0.1) is 0 Å². The molecule has 0 spiro atoms. The third-order valence-corrected chi connectivity index (χ3v) is 2.26. The topological polar surface area (TPSA) is 78.8 Å². The van der Waals surface area contributed by atoms with E-state index in [0.29, 0.717) is 6.42 Å². The zero-order chi connectivity index (χ0) is 9.35. The number of allylic oxidation sites excluding steroid dienone is 1. The molecule has 0 aromatic heterocycles. The van der Waals surface area contributed by atoms with Gasteiger partial charge in [-0.15, -0.1) is 4.40 Å². The standard InChI is InChI=1S/C6H9NO4S.Na/c1-3-5-4(2)6(8)7-12(9,10)11-5;/h3H2,1-2H3,(H,7,8);/q;+1/p-1. The van der Waals surface area contributed by atoms with Crippen LogP contribution in [-0.4, -0.2) is 14.3 Å². The fraction of sp³-hybridized carbons (Fsp3) is 0.500. The Hall–Kier alpha value is -0.0400. The zero-order valence-corrected chi connectivity index (χ0v) is 10.5. The fourth-order valence-electron chi connectivity index (χ4n) is 0.822. The Labute approximate surface area is 99.1 Å². The second-order valence-electron chi connectivity index (χ2n) is 2.31. The van der Waals surface area contributed by atoms with E-state index < -0.39 is 16.2 Å². The van der Waals surface area contributed by atoms with Crippen LogP contribution in [0.2, 0.25) is 0 Å². The van der Waals surface area contributed by atoms with Crippen molar-refractivity contribution in [2.75, 3.05) is 0 Å². The van der Waals surface area contributed by atoms with Crippen LogP contribution < -0.4 is 34.7 Å². The molecular weight excluding hydrogens is 205 g/mol. The van der Waals surface area contributed by atoms with E-state index in [2.05, 4.69) is 8.58 Å². The van der Waals surface area contributed by atoms with E-state index in [4.69, 9.17) is 0 Å². The van der Waals surface area contributed by atoms with E-state index in [0.717, 1.165) is 0 Å². The molecule has 0 aromatic carbocycles. The van der Waals surface area contributed by atoms with E-state index in [-0.39, 0.29) is 40.9 Å². The summed E-state index contributed by atoms with van der Waals surface area (Å²) in [6.07, 6.45) is 0.367. The van der Waals surface area contributed by atoms with Gasteiger partial charge in [0.15, 0.2) is 0 Å². The largest absolute Gasteiger partial charge is 1.00 e. The molecule has 0 radical (unpaired) electrons. The summed E-state index contributed by atoms with van der Waals surface area (Å²) in [6.45, 7) is 3.19. The summed E-state index contributed by atoms with van der Waals surface area (Å²) in [6, 6.07) is 0. The Kier molecular flexibility index (Phi) is 4.44. The predicted octanol–water partition coefficient (Wildman–Crippen LogP) is -3.29. The Morgan fingerprint density at radius 3 is 2.54 bits per heavy atom. The first-order valence-electron chi connectivity index (χ1n) is 3.38. The SMILES string of the molecule is CCC1=C(C)C([O-])=NS(=O)(=O)O1.[Na+]. The van der Waals surface area contributed by atoms with Gasteiger partial charge < -0.3 is 9.29 Å². The van der Waals surface area contributed by atoms with Gasteiger partial charge in [0.25, 0.3) is 0 Å². The molecular formula is C6H8NNaO4S. The number of hydrogen-bond donors (Lipinski definition) is 0. The normalized spacial score (nSPS) is 20.0. The predicted molar refractivity (Wildman–Crippen MR) is 40.4 cm³/mol. The summed E-state index contributed by atoms with van der Waals surface area (Å²) >= 11 is 0. The van der Waals surface area contributed by atoms with Gasteiger partial charge in [0.1, 0.15) is 5.76 Å². The minimum Gasteiger partial charge on any atom is -0.858 e. The molecule has 0 amide bonds. The van der Waals surface area contributed by atoms with Gasteiger partial charge in [-0.3, -0.25) is 0 Å². The molecule has 0 saturated heterocycles. The maximum Gasteiger partial charge on any atom is 1.00 e. The van der Waals surface area contributed by atoms with Crippen LogP contribution in [-0.2, 0) is 14.5 Å². The van der Waals surface area contributed by atoms with Crippen LogP contribution in [0, 0.1) is 0 Å². The van der Waals surface area contributed by atoms with Crippen LogP contribution in [0.4, 0.5) is 0 Å². The summed E-state index contributed by atoms with van der Waals surface area (Å²) in [7, 11) is -4.01. The van der Waals surface area contributed by atoms with Crippen LogP contribution in [0.3, 0.4) is 0 Å². The molecule has 1 heterocycles. The van der Waals surface area contributed by atoms with E-state index in [1.54, 1.807) is 6.92 Å². The molecule has 0 unspecified atom stereocenters. The van der Waals surface area contributed by atoms with Crippen molar-refractivity contribution < 1.29 is 47.3 Å². The monoisotopic (exact) mass is 213 g/mol. The Morgan fingerprint density at radius 2 is 2.08 bits per heavy atom. The molecule has 68 valence electrons. The van der Waals surface area contributed by atoms with Crippen LogP contribution >= 0.6 is 0 Å². The van der Waals surface area contributed by atoms with Crippen LogP contribution in [0.1, 0.15) is 20.3 Å². The summed E-state index contributed by atoms with van der Waals surface area (Å²) in [4.78, 5) is 0. The molecule has 5 nitrogen and oxygen atoms in total. The van der Waals surface area contributed by atoms with Gasteiger partial charge >= 0.3 is 39.9 Å². The van der Waals surface area contributed by atoms with Gasteiger partial charge in [0.2, 0.25) is 0 Å². The quantitative estimate of drug-likeness (QED) is 0.428. The first-order chi connectivity index (χ1) is 5.46. The molecule has 0 aromatic rings. The molecule has 13 heavy (non-hydrogen) atoms. The molecule has 1 aliphatic rings. The molecule has 0 saturated carbocycles. The zero-order valence-electron chi connectivity index (χ0n) is 7.70. The smallest absolute Gasteiger partial charge is 0.858 e. The van der Waals surface area contributed by atoms with Crippen LogP contribution in [0.5, 0.6) is 0 Å². The summed E-state index contributed by atoms with van der Waals surface area (Å²) < 4.78 is 28.8. The van der Waals surface area contributed by atoms with Gasteiger partial charge in [-0.2, -0.15) is 8.42 Å². The van der Waals surface area contributed by atoms with Gasteiger partial charge in [0, 0.05) is 17.9 Å². The molecule has 1 aliphatic heterocycles. The van der Waals surface area contributed by atoms with E-state index >= 15 is 0 Å². The van der Waals surface area contributed by atoms with Crippen LogP contribution in [0.15, 0.2) is 15.7 Å². The van der Waals surface area contributed by atoms with Crippen molar-refractivity contribution in [3.05, 3.63) is 11.3 Å². The minimum absolute atomic E-state index is 0. The maximum absolute atomic E-state index is 10.9. The molecule has 0 N–H and O–H groups in total. The Bertz CT molecular complexity index is 357. The third kappa shape index (κ3) is 2.98. The molecule has 7 heteroatoms. The molecule has 0 aliphatic carbocycles. The first kappa shape index (κ1) is 13.0. The average molecular weight is 213 g/mol. The average Bonchev–Trinajstić information content (AvgIpc) is 1.96. The van der Waals surface area contributed by atoms with Crippen molar-refractivity contribution in [2.45, 2.75) is 20.3 Å². The van der Waals surface area contributed by atoms with Crippen LogP contribution in [0.25, 0.3) is 0 Å². The van der Waals surface area contributed by atoms with Crippen molar-refractivity contribution in [2.24, 2.45) is 4.40 Å². The summed E-state index contributed by atoms with van der Waals surface area (Å²) in [5.74, 6) is -0.562. The van der Waals surface area contributed by atoms with Crippen molar-refractivity contribution in [1.82, 2.24) is 0 Å². The summed E-state index contributed by atoms with van der Waals surface area (Å²) in [5.41, 5.74) is 0.257. The molecule has 0 bridgehead atoms. The van der Waals surface area contributed by atoms with Gasteiger partial charge in [-0.25, -0.2) is 0 Å². The van der Waals surface area contributed by atoms with Crippen molar-refractivity contribution in [3.63, 3.8) is 0 Å². The van der Waals surface area contributed by atoms with E-state index in [1.165, 1.54) is 6.92 Å². The number of nitrogens with zero attached hydrogens (tertiary/aromatic N) is 1. The molecule has 0 fully saturated rings. The van der Waals surface area contributed by atoms with Gasteiger partial charge in [-0.05, 0) is 6.92 Å². The first-order valence-corrected chi connectivity index (χ1v) is 4.74. The Balaban J connectivity index is 0.00000144. The molecule has 0 atom stereocenters. The van der Waals surface area contributed by atoms with E-state index in [9.17, 15) is 13.5 Å². The molecule has 1 rings (SSSR count). The van der Waals surface area contributed by atoms with Gasteiger partial charge in [-0.1, -0.05) is 6.92 Å². The summed E-state index contributed by atoms with van der Waals surface area (Å²) in [5, 5.41) is 10.9. The third-order valence-electron chi connectivity index (χ3n) is 1.46.